The monoisotopic (exact) mass is 947 g/mol. The second-order valence-corrected chi connectivity index (χ2v) is 18.8. The zero-order valence-corrected chi connectivity index (χ0v) is 44.6. The van der Waals surface area contributed by atoms with Crippen molar-refractivity contribution in [2.24, 2.45) is 0 Å². The molecule has 0 amide bonds. The lowest BCUT2D eigenvalue weighted by Crippen LogP contribution is -2.30. The highest BCUT2D eigenvalue weighted by atomic mass is 16.6. The van der Waals surface area contributed by atoms with Crippen molar-refractivity contribution in [1.82, 2.24) is 0 Å². The Kier molecular flexibility index (Phi) is 53.4. The van der Waals surface area contributed by atoms with Gasteiger partial charge in [0.05, 0.1) is 0 Å². The van der Waals surface area contributed by atoms with Crippen LogP contribution in [0, 0.1) is 0 Å². The Bertz CT molecular complexity index is 1320. The average molecular weight is 948 g/mol. The summed E-state index contributed by atoms with van der Waals surface area (Å²) >= 11 is 0. The number of esters is 3. The van der Waals surface area contributed by atoms with E-state index in [1.807, 2.05) is 0 Å². The number of hydrogen-bond acceptors (Lipinski definition) is 6. The fourth-order valence-corrected chi connectivity index (χ4v) is 7.92. The molecular weight excluding hydrogens is 841 g/mol. The minimum atomic E-state index is -0.809. The predicted molar refractivity (Wildman–Crippen MR) is 293 cm³/mol. The minimum Gasteiger partial charge on any atom is -0.462 e. The molecule has 0 spiro atoms. The van der Waals surface area contributed by atoms with Gasteiger partial charge in [-0.15, -0.1) is 0 Å². The van der Waals surface area contributed by atoms with E-state index >= 15 is 0 Å². The topological polar surface area (TPSA) is 78.9 Å². The van der Waals surface area contributed by atoms with Gasteiger partial charge in [-0.2, -0.15) is 0 Å². The number of hydrogen-bond donors (Lipinski definition) is 0. The van der Waals surface area contributed by atoms with Crippen LogP contribution in [0.2, 0.25) is 0 Å². The summed E-state index contributed by atoms with van der Waals surface area (Å²) in [5.41, 5.74) is 0. The van der Waals surface area contributed by atoms with E-state index in [0.29, 0.717) is 19.3 Å². The highest BCUT2D eigenvalue weighted by molar-refractivity contribution is 5.71. The van der Waals surface area contributed by atoms with Crippen LogP contribution in [0.3, 0.4) is 0 Å². The van der Waals surface area contributed by atoms with E-state index in [9.17, 15) is 14.4 Å². The molecule has 0 saturated carbocycles. The van der Waals surface area contributed by atoms with Crippen molar-refractivity contribution in [2.75, 3.05) is 13.2 Å². The molecule has 1 atom stereocenters. The summed E-state index contributed by atoms with van der Waals surface area (Å²) in [7, 11) is 0. The lowest BCUT2D eigenvalue weighted by molar-refractivity contribution is -0.167. The third-order valence-corrected chi connectivity index (χ3v) is 12.1. The van der Waals surface area contributed by atoms with Crippen molar-refractivity contribution in [3.05, 3.63) is 85.1 Å². The number of unbranched alkanes of at least 4 members (excludes halogenated alkanes) is 26. The minimum absolute atomic E-state index is 0.101. The van der Waals surface area contributed by atoms with Crippen molar-refractivity contribution in [2.45, 2.75) is 277 Å². The van der Waals surface area contributed by atoms with Gasteiger partial charge in [0.15, 0.2) is 6.10 Å². The van der Waals surface area contributed by atoms with E-state index < -0.39 is 6.10 Å². The van der Waals surface area contributed by atoms with Crippen molar-refractivity contribution < 1.29 is 28.6 Å². The fourth-order valence-electron chi connectivity index (χ4n) is 7.92. The van der Waals surface area contributed by atoms with Crippen LogP contribution in [0.15, 0.2) is 85.1 Å². The van der Waals surface area contributed by atoms with Crippen molar-refractivity contribution in [1.29, 1.82) is 0 Å². The maximum Gasteiger partial charge on any atom is 0.306 e. The van der Waals surface area contributed by atoms with E-state index in [1.165, 1.54) is 122 Å². The molecule has 390 valence electrons. The van der Waals surface area contributed by atoms with Gasteiger partial charge >= 0.3 is 17.9 Å². The van der Waals surface area contributed by atoms with E-state index in [-0.39, 0.29) is 37.5 Å². The van der Waals surface area contributed by atoms with Crippen LogP contribution in [-0.2, 0) is 28.6 Å². The van der Waals surface area contributed by atoms with Crippen LogP contribution in [0.4, 0.5) is 0 Å². The van der Waals surface area contributed by atoms with Gasteiger partial charge in [0, 0.05) is 19.3 Å². The first-order chi connectivity index (χ1) is 33.5. The van der Waals surface area contributed by atoms with E-state index in [0.717, 1.165) is 103 Å². The molecule has 0 saturated heterocycles. The van der Waals surface area contributed by atoms with Crippen molar-refractivity contribution in [3.8, 4) is 0 Å². The highest BCUT2D eigenvalue weighted by Gasteiger charge is 2.19. The third kappa shape index (κ3) is 53.5. The van der Waals surface area contributed by atoms with Crippen LogP contribution < -0.4 is 0 Å². The van der Waals surface area contributed by atoms with Gasteiger partial charge < -0.3 is 14.2 Å². The molecular formula is C62H106O6. The standard InChI is InChI=1S/C62H106O6/c1-4-7-10-13-16-19-22-25-27-28-29-30-31-32-33-35-37-40-43-46-49-52-55-61(64)67-58-59(57-66-60(63)54-51-48-45-42-39-36-24-21-18-15-12-9-6-3)68-62(65)56-53-50-47-44-41-38-34-26-23-20-17-14-11-8-5-2/h8-9,11-12,17-18,20-21,26,34,36,39,41,44,59H,4-7,10,13-16,19,22-25,27-33,35,37-38,40,42-43,45-58H2,1-3H3/b11-8-,12-9-,20-17-,21-18-,34-26-,39-36-,44-41-. The van der Waals surface area contributed by atoms with E-state index in [4.69, 9.17) is 14.2 Å². The zero-order valence-electron chi connectivity index (χ0n) is 44.6. The molecule has 0 aliphatic rings. The van der Waals surface area contributed by atoms with Gasteiger partial charge in [0.1, 0.15) is 13.2 Å². The Balaban J connectivity index is 4.36. The Morgan fingerprint density at radius 2 is 0.574 bits per heavy atom. The normalized spacial score (nSPS) is 12.7. The molecule has 0 rings (SSSR count). The molecule has 1 unspecified atom stereocenters. The fraction of sp³-hybridized carbons (Fsp3) is 0.726. The second-order valence-electron chi connectivity index (χ2n) is 18.8. The maximum absolute atomic E-state index is 12.8. The lowest BCUT2D eigenvalue weighted by Gasteiger charge is -2.18. The molecule has 0 radical (unpaired) electrons. The Morgan fingerprint density at radius 1 is 0.309 bits per heavy atom. The Labute approximate surface area is 420 Å². The summed E-state index contributed by atoms with van der Waals surface area (Å²) in [6.07, 6.45) is 73.1. The van der Waals surface area contributed by atoms with Crippen molar-refractivity contribution >= 4 is 17.9 Å². The molecule has 0 heterocycles. The molecule has 0 bridgehead atoms. The van der Waals surface area contributed by atoms with Crippen molar-refractivity contribution in [3.63, 3.8) is 0 Å². The smallest absolute Gasteiger partial charge is 0.306 e. The molecule has 0 aliphatic carbocycles. The zero-order chi connectivity index (χ0) is 49.3. The molecule has 0 fully saturated rings. The summed E-state index contributed by atoms with van der Waals surface area (Å²) < 4.78 is 16.8. The Morgan fingerprint density at radius 3 is 0.926 bits per heavy atom. The summed E-state index contributed by atoms with van der Waals surface area (Å²) in [5.74, 6) is -0.968. The van der Waals surface area contributed by atoms with Gasteiger partial charge in [0.25, 0.3) is 0 Å². The average Bonchev–Trinajstić information content (AvgIpc) is 3.34. The van der Waals surface area contributed by atoms with Crippen LogP contribution >= 0.6 is 0 Å². The molecule has 6 nitrogen and oxygen atoms in total. The van der Waals surface area contributed by atoms with Gasteiger partial charge in [-0.25, -0.2) is 0 Å². The van der Waals surface area contributed by atoms with Gasteiger partial charge in [-0.05, 0) is 89.9 Å². The highest BCUT2D eigenvalue weighted by Crippen LogP contribution is 2.16. The van der Waals surface area contributed by atoms with Crippen LogP contribution in [0.5, 0.6) is 0 Å². The van der Waals surface area contributed by atoms with E-state index in [1.54, 1.807) is 0 Å². The summed E-state index contributed by atoms with van der Waals surface area (Å²) in [6, 6.07) is 0. The third-order valence-electron chi connectivity index (χ3n) is 12.1. The number of carbonyl (C=O) groups excluding carboxylic acids is 3. The molecule has 0 N–H and O–H groups in total. The number of allylic oxidation sites excluding steroid dienone is 14. The van der Waals surface area contributed by atoms with Gasteiger partial charge in [-0.1, -0.05) is 247 Å². The predicted octanol–water partition coefficient (Wildman–Crippen LogP) is 19.2. The molecule has 0 aromatic heterocycles. The van der Waals surface area contributed by atoms with Crippen LogP contribution in [0.1, 0.15) is 271 Å². The van der Waals surface area contributed by atoms with Gasteiger partial charge in [0.2, 0.25) is 0 Å². The molecule has 0 aliphatic heterocycles. The Hall–Kier alpha value is -3.41. The summed E-state index contributed by atoms with van der Waals surface area (Å²) in [6.45, 7) is 6.37. The lowest BCUT2D eigenvalue weighted by atomic mass is 10.0. The van der Waals surface area contributed by atoms with E-state index in [2.05, 4.69) is 106 Å². The molecule has 0 aromatic rings. The number of ether oxygens (including phenoxy) is 3. The van der Waals surface area contributed by atoms with Crippen LogP contribution in [-0.4, -0.2) is 37.2 Å². The number of carbonyl (C=O) groups is 3. The van der Waals surface area contributed by atoms with Crippen LogP contribution in [0.25, 0.3) is 0 Å². The molecule has 6 heteroatoms. The quantitative estimate of drug-likeness (QED) is 0.0262. The SMILES string of the molecule is CC/C=C\C/C=C\C/C=C\C/C=C\CCCCC(=O)OC(COC(=O)CCCCC/C=C\C/C=C\C/C=C\CC)COC(=O)CCCCCCCCCCCCCCCCCCCCCCCC. The summed E-state index contributed by atoms with van der Waals surface area (Å²) in [4.78, 5) is 38.1. The largest absolute Gasteiger partial charge is 0.462 e. The maximum atomic E-state index is 12.8. The summed E-state index contributed by atoms with van der Waals surface area (Å²) in [5, 5.41) is 0. The molecule has 0 aromatic carbocycles. The molecule has 68 heavy (non-hydrogen) atoms. The number of rotatable bonds is 51. The first-order valence-electron chi connectivity index (χ1n) is 28.6. The second kappa shape index (κ2) is 56.2. The first-order valence-corrected chi connectivity index (χ1v) is 28.6. The van der Waals surface area contributed by atoms with Gasteiger partial charge in [-0.3, -0.25) is 14.4 Å². The first kappa shape index (κ1) is 64.6.